The van der Waals surface area contributed by atoms with Crippen molar-refractivity contribution >= 4 is 16.0 Å². The quantitative estimate of drug-likeness (QED) is 0.248. The molecule has 34 heavy (non-hydrogen) atoms. The Bertz CT molecular complexity index is 1160. The lowest BCUT2D eigenvalue weighted by Gasteiger charge is -2.07. The number of nitrogens with one attached hydrogen (secondary N) is 1. The molecular formula is C28H35NO4S. The normalized spacial score (nSPS) is 11.8. The van der Waals surface area contributed by atoms with E-state index in [-0.39, 0.29) is 5.97 Å². The van der Waals surface area contributed by atoms with Crippen LogP contribution in [0.3, 0.4) is 0 Å². The van der Waals surface area contributed by atoms with Gasteiger partial charge in [-0.2, -0.15) is 0 Å². The third-order valence-electron chi connectivity index (χ3n) is 6.15. The fourth-order valence-corrected chi connectivity index (χ4v) is 5.27. The average Bonchev–Trinajstić information content (AvgIpc) is 3.01. The number of unbranched alkanes of at least 4 members (excludes halogenated alkanes) is 4. The minimum Gasteiger partial charge on any atom is -0.465 e. The minimum absolute atomic E-state index is 0.296. The van der Waals surface area contributed by atoms with Gasteiger partial charge in [0, 0.05) is 6.54 Å². The first-order valence-corrected chi connectivity index (χ1v) is 13.5. The van der Waals surface area contributed by atoms with Crippen LogP contribution in [-0.4, -0.2) is 28.0 Å². The number of methoxy groups -OCH3 is 1. The molecule has 2 aliphatic rings. The molecule has 1 aromatic rings. The van der Waals surface area contributed by atoms with E-state index in [1.165, 1.54) is 18.2 Å². The summed E-state index contributed by atoms with van der Waals surface area (Å²) in [5.74, 6) is 0.0757. The van der Waals surface area contributed by atoms with Gasteiger partial charge in [-0.1, -0.05) is 75.6 Å². The van der Waals surface area contributed by atoms with Gasteiger partial charge in [-0.25, -0.2) is 17.9 Å². The van der Waals surface area contributed by atoms with E-state index < -0.39 is 10.0 Å². The third-order valence-corrected chi connectivity index (χ3v) is 7.62. The fourth-order valence-electron chi connectivity index (χ4n) is 4.18. The highest BCUT2D eigenvalue weighted by Crippen LogP contribution is 2.35. The fraction of sp³-hybridized carbons (Fsp3) is 0.393. The highest BCUT2D eigenvalue weighted by Gasteiger charge is 2.21. The number of ether oxygens (including phenoxy) is 1. The summed E-state index contributed by atoms with van der Waals surface area (Å²) in [6.07, 6.45) is 5.80. The van der Waals surface area contributed by atoms with Crippen LogP contribution in [0, 0.1) is 0 Å². The first-order valence-electron chi connectivity index (χ1n) is 12.0. The first-order chi connectivity index (χ1) is 16.3. The molecule has 0 saturated heterocycles. The minimum atomic E-state index is -3.42. The Morgan fingerprint density at radius 1 is 0.882 bits per heavy atom. The maximum absolute atomic E-state index is 12.4. The third kappa shape index (κ3) is 6.67. The molecule has 2 aliphatic carbocycles. The molecule has 3 rings (SSSR count). The molecule has 6 heteroatoms. The number of carbonyl (C=O) groups is 1. The van der Waals surface area contributed by atoms with Crippen LogP contribution < -0.4 is 4.72 Å². The van der Waals surface area contributed by atoms with Crippen LogP contribution in [0.2, 0.25) is 0 Å². The summed E-state index contributed by atoms with van der Waals surface area (Å²) in [5, 5.41) is 0. The van der Waals surface area contributed by atoms with Crippen molar-refractivity contribution in [1.29, 1.82) is 0 Å². The average molecular weight is 482 g/mol. The molecule has 0 atom stereocenters. The summed E-state index contributed by atoms with van der Waals surface area (Å²) in [7, 11) is -2.00. The molecule has 0 amide bonds. The number of rotatable bonds is 12. The summed E-state index contributed by atoms with van der Waals surface area (Å²) in [5.41, 5.74) is 5.08. The van der Waals surface area contributed by atoms with Gasteiger partial charge in [0.15, 0.2) is 0 Å². The summed E-state index contributed by atoms with van der Waals surface area (Å²) >= 11 is 0. The lowest BCUT2D eigenvalue weighted by atomic mass is 10.0. The van der Waals surface area contributed by atoms with Gasteiger partial charge in [0.2, 0.25) is 10.0 Å². The zero-order chi connectivity index (χ0) is 24.6. The number of sulfonamides is 1. The van der Waals surface area contributed by atoms with Crippen molar-refractivity contribution < 1.29 is 17.9 Å². The molecule has 0 aromatic heterocycles. The highest BCUT2D eigenvalue weighted by molar-refractivity contribution is 7.89. The van der Waals surface area contributed by atoms with E-state index >= 15 is 0 Å². The zero-order valence-corrected chi connectivity index (χ0v) is 21.2. The molecule has 0 spiro atoms. The maximum Gasteiger partial charge on any atom is 0.338 e. The predicted octanol–water partition coefficient (Wildman–Crippen LogP) is 6.17. The van der Waals surface area contributed by atoms with E-state index in [1.807, 2.05) is 6.07 Å². The van der Waals surface area contributed by atoms with Crippen molar-refractivity contribution in [2.24, 2.45) is 0 Å². The Kier molecular flexibility index (Phi) is 9.25. The summed E-state index contributed by atoms with van der Waals surface area (Å²) in [6, 6.07) is 18.8. The van der Waals surface area contributed by atoms with Crippen LogP contribution in [0.1, 0.15) is 73.4 Å². The van der Waals surface area contributed by atoms with E-state index in [0.717, 1.165) is 49.7 Å². The van der Waals surface area contributed by atoms with Crippen molar-refractivity contribution in [2.45, 2.75) is 63.2 Å². The smallest absolute Gasteiger partial charge is 0.338 e. The van der Waals surface area contributed by atoms with Crippen LogP contribution in [-0.2, 0) is 21.2 Å². The number of hydrogen-bond donors (Lipinski definition) is 1. The molecule has 0 aliphatic heterocycles. The largest absolute Gasteiger partial charge is 0.465 e. The number of benzene rings is 1. The first kappa shape index (κ1) is 25.9. The van der Waals surface area contributed by atoms with Crippen molar-refractivity contribution in [3.8, 4) is 11.1 Å². The van der Waals surface area contributed by atoms with E-state index in [9.17, 15) is 13.2 Å². The van der Waals surface area contributed by atoms with Gasteiger partial charge in [0.05, 0.1) is 17.6 Å². The highest BCUT2D eigenvalue weighted by atomic mass is 32.2. The Balaban J connectivity index is 1.49. The Hall–Kier alpha value is -2.70. The molecule has 0 heterocycles. The Morgan fingerprint density at radius 2 is 1.59 bits per heavy atom. The lowest BCUT2D eigenvalue weighted by Crippen LogP contribution is -2.24. The zero-order valence-electron chi connectivity index (χ0n) is 20.3. The second kappa shape index (κ2) is 12.1. The molecule has 5 nitrogen and oxygen atoms in total. The van der Waals surface area contributed by atoms with Gasteiger partial charge in [-0.3, -0.25) is 0 Å². The van der Waals surface area contributed by atoms with Gasteiger partial charge in [0.1, 0.15) is 0 Å². The van der Waals surface area contributed by atoms with Crippen molar-refractivity contribution in [2.75, 3.05) is 13.7 Å². The second-order valence-corrected chi connectivity index (χ2v) is 10.7. The molecule has 0 saturated carbocycles. The molecule has 0 unspecified atom stereocenters. The van der Waals surface area contributed by atoms with Crippen molar-refractivity contribution in [3.05, 3.63) is 77.4 Å². The van der Waals surface area contributed by atoms with E-state index in [2.05, 4.69) is 42.8 Å². The molecule has 0 fully saturated rings. The van der Waals surface area contributed by atoms with Gasteiger partial charge in [-0.05, 0) is 65.6 Å². The van der Waals surface area contributed by atoms with E-state index in [0.29, 0.717) is 22.9 Å². The summed E-state index contributed by atoms with van der Waals surface area (Å²) in [6.45, 7) is 4.74. The van der Waals surface area contributed by atoms with Crippen LogP contribution in [0.15, 0.2) is 65.6 Å². The molecule has 1 aromatic carbocycles. The molecule has 1 N–H and O–H groups in total. The molecule has 182 valence electrons. The van der Waals surface area contributed by atoms with E-state index in [1.54, 1.807) is 30.3 Å². The van der Waals surface area contributed by atoms with Crippen molar-refractivity contribution in [3.63, 3.8) is 0 Å². The molecule has 0 bridgehead atoms. The Labute approximate surface area is 203 Å². The number of carbonyl (C=O) groups excluding carboxylic acids is 1. The monoisotopic (exact) mass is 481 g/mol. The van der Waals surface area contributed by atoms with Gasteiger partial charge in [-0.15, -0.1) is 0 Å². The van der Waals surface area contributed by atoms with Crippen LogP contribution in [0.25, 0.3) is 11.1 Å². The number of esters is 1. The SMILES string of the molecule is COC(=O)c1cc(CCCCCCCNS(=O)(=O)c2ccccc2)c2cccc(C(C)C)cc1-2. The molecule has 0 radical (unpaired) electrons. The molecular weight excluding hydrogens is 446 g/mol. The predicted molar refractivity (Wildman–Crippen MR) is 137 cm³/mol. The number of aryl methyl sites for hydroxylation is 1. The second-order valence-electron chi connectivity index (χ2n) is 8.96. The van der Waals surface area contributed by atoms with Crippen molar-refractivity contribution in [1.82, 2.24) is 4.72 Å². The van der Waals surface area contributed by atoms with Gasteiger partial charge in [0.25, 0.3) is 0 Å². The lowest BCUT2D eigenvalue weighted by molar-refractivity contribution is 0.0602. The number of hydrogen-bond acceptors (Lipinski definition) is 4. The van der Waals surface area contributed by atoms with Crippen LogP contribution in [0.4, 0.5) is 0 Å². The van der Waals surface area contributed by atoms with Gasteiger partial charge < -0.3 is 4.74 Å². The van der Waals surface area contributed by atoms with Gasteiger partial charge >= 0.3 is 5.97 Å². The maximum atomic E-state index is 12.4. The van der Waals surface area contributed by atoms with Crippen LogP contribution >= 0.6 is 0 Å². The van der Waals surface area contributed by atoms with Crippen LogP contribution in [0.5, 0.6) is 0 Å². The standard InChI is InChI=1S/C28H35NO4S/c1-21(2)22-14-12-17-25-23(20-27(26(25)19-22)28(30)33-3)13-8-5-4-6-11-18-29-34(31,32)24-15-9-7-10-16-24/h7,9-10,12,14-17,19-21,29H,4-6,8,11,13,18H2,1-3H3. The summed E-state index contributed by atoms with van der Waals surface area (Å²) in [4.78, 5) is 12.7. The summed E-state index contributed by atoms with van der Waals surface area (Å²) < 4.78 is 32.2. The Morgan fingerprint density at radius 3 is 2.29 bits per heavy atom. The van der Waals surface area contributed by atoms with E-state index in [4.69, 9.17) is 4.74 Å². The number of fused-ring (bicyclic) bond motifs is 1. The topological polar surface area (TPSA) is 72.5 Å².